The Bertz CT molecular complexity index is 627. The minimum Gasteiger partial charge on any atom is -0.497 e. The molecule has 0 radical (unpaired) electrons. The number of carbonyl (C=O) groups excluding carboxylic acids is 1. The average Bonchev–Trinajstić information content (AvgIpc) is 2.52. The summed E-state index contributed by atoms with van der Waals surface area (Å²) in [4.78, 5) is 14.0. The maximum Gasteiger partial charge on any atom is 0.257 e. The first-order chi connectivity index (χ1) is 10.3. The summed E-state index contributed by atoms with van der Waals surface area (Å²) in [5.74, 6) is 0.629. The lowest BCUT2D eigenvalue weighted by Crippen LogP contribution is -2.39. The van der Waals surface area contributed by atoms with E-state index < -0.39 is 15.9 Å². The summed E-state index contributed by atoms with van der Waals surface area (Å²) < 4.78 is 33.7. The highest BCUT2D eigenvalue weighted by atomic mass is 32.2. The monoisotopic (exact) mass is 329 g/mol. The van der Waals surface area contributed by atoms with E-state index in [-0.39, 0.29) is 17.4 Å². The molecule has 0 heterocycles. The van der Waals surface area contributed by atoms with Crippen molar-refractivity contribution in [1.29, 1.82) is 0 Å². The second-order valence-corrected chi connectivity index (χ2v) is 7.43. The van der Waals surface area contributed by atoms with E-state index in [9.17, 15) is 13.2 Å². The van der Waals surface area contributed by atoms with E-state index in [0.29, 0.717) is 17.1 Å². The topological polar surface area (TPSA) is 72.9 Å². The van der Waals surface area contributed by atoms with Gasteiger partial charge in [0.2, 0.25) is 0 Å². The van der Waals surface area contributed by atoms with E-state index in [1.54, 1.807) is 39.1 Å². The first-order valence-electron chi connectivity index (χ1n) is 6.95. The molecular formula is C15H23NO5S. The number of amides is 1. The number of ether oxygens (including phenoxy) is 2. The summed E-state index contributed by atoms with van der Waals surface area (Å²) in [6.45, 7) is 3.30. The van der Waals surface area contributed by atoms with E-state index in [1.165, 1.54) is 19.1 Å². The molecule has 0 aliphatic heterocycles. The van der Waals surface area contributed by atoms with Crippen molar-refractivity contribution in [1.82, 2.24) is 4.90 Å². The van der Waals surface area contributed by atoms with Crippen LogP contribution in [0.3, 0.4) is 0 Å². The van der Waals surface area contributed by atoms with Crippen molar-refractivity contribution in [2.24, 2.45) is 0 Å². The molecule has 1 atom stereocenters. The summed E-state index contributed by atoms with van der Waals surface area (Å²) in [6.07, 6.45) is 0. The normalized spacial score (nSPS) is 12.6. The molecule has 0 saturated carbocycles. The van der Waals surface area contributed by atoms with Crippen molar-refractivity contribution in [3.8, 4) is 11.5 Å². The van der Waals surface area contributed by atoms with Crippen molar-refractivity contribution in [2.45, 2.75) is 19.9 Å². The second-order valence-electron chi connectivity index (χ2n) is 5.03. The highest BCUT2D eigenvalue weighted by molar-refractivity contribution is 7.91. The third kappa shape index (κ3) is 4.37. The van der Waals surface area contributed by atoms with Crippen molar-refractivity contribution in [3.05, 3.63) is 23.8 Å². The van der Waals surface area contributed by atoms with Crippen molar-refractivity contribution in [3.63, 3.8) is 0 Å². The van der Waals surface area contributed by atoms with Gasteiger partial charge in [0.05, 0.1) is 25.5 Å². The fraction of sp³-hybridized carbons (Fsp3) is 0.533. The molecule has 0 aliphatic carbocycles. The summed E-state index contributed by atoms with van der Waals surface area (Å²) in [7, 11) is 1.41. The third-order valence-electron chi connectivity index (χ3n) is 3.55. The van der Waals surface area contributed by atoms with Crippen LogP contribution in [0.4, 0.5) is 0 Å². The Labute approximate surface area is 131 Å². The van der Waals surface area contributed by atoms with Crippen LogP contribution in [0.1, 0.15) is 24.2 Å². The minimum atomic E-state index is -3.16. The SMILES string of the molecule is CCS(=O)(=O)CC(C)N(C)C(=O)c1cc(OC)ccc1OC. The first-order valence-corrected chi connectivity index (χ1v) is 8.77. The van der Waals surface area contributed by atoms with Crippen LogP contribution < -0.4 is 9.47 Å². The molecule has 1 aromatic carbocycles. The van der Waals surface area contributed by atoms with Crippen molar-refractivity contribution < 1.29 is 22.7 Å². The summed E-state index contributed by atoms with van der Waals surface area (Å²) >= 11 is 0. The van der Waals surface area contributed by atoms with Gasteiger partial charge in [-0.25, -0.2) is 8.42 Å². The van der Waals surface area contributed by atoms with Gasteiger partial charge in [-0.05, 0) is 25.1 Å². The van der Waals surface area contributed by atoms with E-state index in [4.69, 9.17) is 9.47 Å². The van der Waals surface area contributed by atoms with E-state index in [0.717, 1.165) is 0 Å². The molecule has 0 bridgehead atoms. The Morgan fingerprint density at radius 2 is 1.91 bits per heavy atom. The molecule has 22 heavy (non-hydrogen) atoms. The highest BCUT2D eigenvalue weighted by Crippen LogP contribution is 2.25. The third-order valence-corrected chi connectivity index (χ3v) is 5.42. The molecule has 1 rings (SSSR count). The molecule has 1 aromatic rings. The fourth-order valence-corrected chi connectivity index (χ4v) is 3.16. The number of methoxy groups -OCH3 is 2. The van der Waals surface area contributed by atoms with Gasteiger partial charge in [0.25, 0.3) is 5.91 Å². The molecule has 0 aliphatic rings. The molecular weight excluding hydrogens is 306 g/mol. The summed E-state index contributed by atoms with van der Waals surface area (Å²) in [6, 6.07) is 4.49. The predicted molar refractivity (Wildman–Crippen MR) is 85.4 cm³/mol. The minimum absolute atomic E-state index is 0.0574. The lowest BCUT2D eigenvalue weighted by atomic mass is 10.1. The molecule has 6 nitrogen and oxygen atoms in total. The molecule has 0 N–H and O–H groups in total. The quantitative estimate of drug-likeness (QED) is 0.760. The van der Waals surface area contributed by atoms with Crippen LogP contribution in [0.15, 0.2) is 18.2 Å². The van der Waals surface area contributed by atoms with Gasteiger partial charge in [-0.1, -0.05) is 6.92 Å². The zero-order chi connectivity index (χ0) is 16.9. The Hall–Kier alpha value is -1.76. The van der Waals surface area contributed by atoms with Crippen molar-refractivity contribution in [2.75, 3.05) is 32.8 Å². The molecule has 1 unspecified atom stereocenters. The summed E-state index contributed by atoms with van der Waals surface area (Å²) in [5.41, 5.74) is 0.338. The van der Waals surface area contributed by atoms with E-state index in [2.05, 4.69) is 0 Å². The molecule has 0 spiro atoms. The maximum atomic E-state index is 12.6. The Kier molecular flexibility index (Phi) is 6.22. The van der Waals surface area contributed by atoms with E-state index in [1.807, 2.05) is 0 Å². The van der Waals surface area contributed by atoms with Gasteiger partial charge in [0, 0.05) is 18.8 Å². The molecule has 0 aromatic heterocycles. The first kappa shape index (κ1) is 18.3. The molecule has 7 heteroatoms. The lowest BCUT2D eigenvalue weighted by Gasteiger charge is -2.25. The number of nitrogens with zero attached hydrogens (tertiary/aromatic N) is 1. The number of benzene rings is 1. The molecule has 124 valence electrons. The largest absolute Gasteiger partial charge is 0.497 e. The Morgan fingerprint density at radius 1 is 1.27 bits per heavy atom. The number of rotatable bonds is 7. The van der Waals surface area contributed by atoms with Crippen LogP contribution in [-0.4, -0.2) is 58.0 Å². The fourth-order valence-electron chi connectivity index (χ4n) is 1.97. The smallest absolute Gasteiger partial charge is 0.257 e. The molecule has 1 amide bonds. The highest BCUT2D eigenvalue weighted by Gasteiger charge is 2.24. The van der Waals surface area contributed by atoms with Gasteiger partial charge >= 0.3 is 0 Å². The number of carbonyl (C=O) groups is 1. The van der Waals surface area contributed by atoms with Crippen LogP contribution in [-0.2, 0) is 9.84 Å². The van der Waals surface area contributed by atoms with Crippen LogP contribution in [0.5, 0.6) is 11.5 Å². The summed E-state index contributed by atoms with van der Waals surface area (Å²) in [5, 5.41) is 0. The van der Waals surface area contributed by atoms with Gasteiger partial charge in [0.1, 0.15) is 11.5 Å². The predicted octanol–water partition coefficient (Wildman–Crippen LogP) is 1.60. The van der Waals surface area contributed by atoms with E-state index >= 15 is 0 Å². The number of sulfone groups is 1. The number of hydrogen-bond donors (Lipinski definition) is 0. The molecule has 0 saturated heterocycles. The zero-order valence-corrected chi connectivity index (χ0v) is 14.4. The van der Waals surface area contributed by atoms with Crippen LogP contribution in [0.2, 0.25) is 0 Å². The van der Waals surface area contributed by atoms with Gasteiger partial charge in [-0.3, -0.25) is 4.79 Å². The maximum absolute atomic E-state index is 12.6. The number of hydrogen-bond acceptors (Lipinski definition) is 5. The average molecular weight is 329 g/mol. The standard InChI is InChI=1S/C15H23NO5S/c1-6-22(18,19)10-11(2)16(3)15(17)13-9-12(20-4)7-8-14(13)21-5/h7-9,11H,6,10H2,1-5H3. The molecule has 0 fully saturated rings. The van der Waals surface area contributed by atoms with Crippen molar-refractivity contribution >= 4 is 15.7 Å². The zero-order valence-electron chi connectivity index (χ0n) is 13.6. The van der Waals surface area contributed by atoms with Crippen LogP contribution >= 0.6 is 0 Å². The Balaban J connectivity index is 3.04. The Morgan fingerprint density at radius 3 is 2.41 bits per heavy atom. The van der Waals surface area contributed by atoms with Gasteiger partial charge < -0.3 is 14.4 Å². The van der Waals surface area contributed by atoms with Gasteiger partial charge in [-0.2, -0.15) is 0 Å². The van der Waals surface area contributed by atoms with Crippen LogP contribution in [0.25, 0.3) is 0 Å². The van der Waals surface area contributed by atoms with Gasteiger partial charge in [0.15, 0.2) is 9.84 Å². The van der Waals surface area contributed by atoms with Gasteiger partial charge in [-0.15, -0.1) is 0 Å². The van der Waals surface area contributed by atoms with Crippen LogP contribution in [0, 0.1) is 0 Å². The second kappa shape index (κ2) is 7.49. The lowest BCUT2D eigenvalue weighted by molar-refractivity contribution is 0.0753.